The lowest BCUT2D eigenvalue weighted by molar-refractivity contribution is 0.0291. The number of hydrogen-bond donors (Lipinski definition) is 2. The lowest BCUT2D eigenvalue weighted by atomic mass is 10.2. The summed E-state index contributed by atoms with van der Waals surface area (Å²) in [5.74, 6) is 0. The summed E-state index contributed by atoms with van der Waals surface area (Å²) in [6.45, 7) is 8.54. The molecule has 0 spiro atoms. The maximum absolute atomic E-state index is 11.7. The first kappa shape index (κ1) is 13.3. The minimum atomic E-state index is -0.417. The van der Waals surface area contributed by atoms with Crippen LogP contribution in [0.5, 0.6) is 0 Å². The van der Waals surface area contributed by atoms with Gasteiger partial charge in [-0.2, -0.15) is 0 Å². The number of carbonyl (C=O) groups is 1. The molecule has 5 nitrogen and oxygen atoms in total. The maximum Gasteiger partial charge on any atom is 0.410 e. The minimum absolute atomic E-state index is 0.218. The van der Waals surface area contributed by atoms with Gasteiger partial charge in [0.25, 0.3) is 0 Å². The number of nitrogens with one attached hydrogen (secondary N) is 1. The van der Waals surface area contributed by atoms with E-state index in [9.17, 15) is 4.79 Å². The molecule has 0 radical (unpaired) electrons. The van der Waals surface area contributed by atoms with Crippen LogP contribution in [0.2, 0.25) is 0 Å². The molecular formula is C11H23N3O2. The zero-order valence-electron chi connectivity index (χ0n) is 10.5. The molecule has 1 amide bonds. The molecule has 3 N–H and O–H groups in total. The molecule has 5 heteroatoms. The van der Waals surface area contributed by atoms with Crippen LogP contribution in [0.25, 0.3) is 0 Å². The highest BCUT2D eigenvalue weighted by molar-refractivity contribution is 5.68. The standard InChI is InChI=1S/C11H23N3O2/c1-11(2,3)16-10(15)14-7-4-9(8-14)13-6-5-12/h9,13H,4-8,12H2,1-3H3/t9-/m1/s1. The van der Waals surface area contributed by atoms with Crippen molar-refractivity contribution in [3.05, 3.63) is 0 Å². The minimum Gasteiger partial charge on any atom is -0.444 e. The Morgan fingerprint density at radius 3 is 2.81 bits per heavy atom. The van der Waals surface area contributed by atoms with Crippen molar-refractivity contribution >= 4 is 6.09 Å². The van der Waals surface area contributed by atoms with Gasteiger partial charge in [0.1, 0.15) is 5.60 Å². The fourth-order valence-corrected chi connectivity index (χ4v) is 1.71. The van der Waals surface area contributed by atoms with Crippen LogP contribution in [-0.4, -0.2) is 48.8 Å². The van der Waals surface area contributed by atoms with Crippen molar-refractivity contribution in [2.75, 3.05) is 26.2 Å². The van der Waals surface area contributed by atoms with E-state index in [1.807, 2.05) is 20.8 Å². The molecule has 94 valence electrons. The van der Waals surface area contributed by atoms with Gasteiger partial charge in [-0.25, -0.2) is 4.79 Å². The Hall–Kier alpha value is -0.810. The summed E-state index contributed by atoms with van der Waals surface area (Å²) in [7, 11) is 0. The Morgan fingerprint density at radius 2 is 2.25 bits per heavy atom. The van der Waals surface area contributed by atoms with Crippen molar-refractivity contribution in [2.24, 2.45) is 5.73 Å². The van der Waals surface area contributed by atoms with E-state index in [4.69, 9.17) is 10.5 Å². The van der Waals surface area contributed by atoms with E-state index in [1.165, 1.54) is 0 Å². The molecule has 16 heavy (non-hydrogen) atoms. The maximum atomic E-state index is 11.7. The quantitative estimate of drug-likeness (QED) is 0.741. The smallest absolute Gasteiger partial charge is 0.410 e. The third-order valence-electron chi connectivity index (χ3n) is 2.42. The number of amides is 1. The number of likely N-dealkylation sites (tertiary alicyclic amines) is 1. The molecule has 0 aromatic rings. The first-order valence-corrected chi connectivity index (χ1v) is 5.84. The van der Waals surface area contributed by atoms with Gasteiger partial charge in [-0.05, 0) is 27.2 Å². The largest absolute Gasteiger partial charge is 0.444 e. The zero-order chi connectivity index (χ0) is 12.2. The van der Waals surface area contributed by atoms with Crippen LogP contribution < -0.4 is 11.1 Å². The molecule has 0 aromatic heterocycles. The average molecular weight is 229 g/mol. The van der Waals surface area contributed by atoms with Crippen molar-refractivity contribution < 1.29 is 9.53 Å². The first-order chi connectivity index (χ1) is 7.42. The molecule has 1 heterocycles. The lowest BCUT2D eigenvalue weighted by Crippen LogP contribution is -2.39. The summed E-state index contributed by atoms with van der Waals surface area (Å²) in [4.78, 5) is 13.5. The SMILES string of the molecule is CC(C)(C)OC(=O)N1CC[C@@H](NCCN)C1. The van der Waals surface area contributed by atoms with Gasteiger partial charge >= 0.3 is 6.09 Å². The second-order valence-electron chi connectivity index (χ2n) is 5.15. The Balaban J connectivity index is 2.32. The number of hydrogen-bond acceptors (Lipinski definition) is 4. The van der Waals surface area contributed by atoms with Crippen molar-refractivity contribution in [3.63, 3.8) is 0 Å². The fourth-order valence-electron chi connectivity index (χ4n) is 1.71. The first-order valence-electron chi connectivity index (χ1n) is 5.84. The van der Waals surface area contributed by atoms with Crippen LogP contribution >= 0.6 is 0 Å². The molecule has 1 atom stereocenters. The van der Waals surface area contributed by atoms with Gasteiger partial charge in [-0.3, -0.25) is 0 Å². The monoisotopic (exact) mass is 229 g/mol. The van der Waals surface area contributed by atoms with Gasteiger partial charge in [0, 0.05) is 32.2 Å². The van der Waals surface area contributed by atoms with Gasteiger partial charge in [-0.1, -0.05) is 0 Å². The lowest BCUT2D eigenvalue weighted by Gasteiger charge is -2.24. The van der Waals surface area contributed by atoms with Gasteiger partial charge in [-0.15, -0.1) is 0 Å². The van der Waals surface area contributed by atoms with Gasteiger partial charge in [0.05, 0.1) is 0 Å². The van der Waals surface area contributed by atoms with Crippen molar-refractivity contribution in [1.82, 2.24) is 10.2 Å². The van der Waals surface area contributed by atoms with E-state index in [2.05, 4.69) is 5.32 Å². The van der Waals surface area contributed by atoms with Crippen molar-refractivity contribution in [2.45, 2.75) is 38.8 Å². The van der Waals surface area contributed by atoms with Gasteiger partial charge in [0.2, 0.25) is 0 Å². The fraction of sp³-hybridized carbons (Fsp3) is 0.909. The molecule has 1 aliphatic heterocycles. The molecule has 1 fully saturated rings. The summed E-state index contributed by atoms with van der Waals surface area (Å²) in [5.41, 5.74) is 5.00. The molecular weight excluding hydrogens is 206 g/mol. The number of nitrogens with two attached hydrogens (primary N) is 1. The summed E-state index contributed by atoms with van der Waals surface area (Å²) < 4.78 is 5.31. The normalized spacial score (nSPS) is 21.2. The predicted octanol–water partition coefficient (Wildman–Crippen LogP) is 0.544. The van der Waals surface area contributed by atoms with E-state index in [1.54, 1.807) is 4.90 Å². The second-order valence-corrected chi connectivity index (χ2v) is 5.15. The Morgan fingerprint density at radius 1 is 1.56 bits per heavy atom. The third-order valence-corrected chi connectivity index (χ3v) is 2.42. The number of rotatable bonds is 3. The van der Waals surface area contributed by atoms with E-state index in [0.717, 1.165) is 26.1 Å². The second kappa shape index (κ2) is 5.50. The van der Waals surface area contributed by atoms with Crippen LogP contribution in [0.4, 0.5) is 4.79 Å². The highest BCUT2D eigenvalue weighted by atomic mass is 16.6. The molecule has 0 saturated carbocycles. The van der Waals surface area contributed by atoms with E-state index in [0.29, 0.717) is 12.6 Å². The predicted molar refractivity (Wildman–Crippen MR) is 63.3 cm³/mol. The Kier molecular flexibility index (Phi) is 4.56. The Labute approximate surface area is 97.3 Å². The summed E-state index contributed by atoms with van der Waals surface area (Å²) in [5, 5.41) is 3.30. The van der Waals surface area contributed by atoms with E-state index in [-0.39, 0.29) is 6.09 Å². The van der Waals surface area contributed by atoms with E-state index < -0.39 is 5.60 Å². The highest BCUT2D eigenvalue weighted by Gasteiger charge is 2.29. The average Bonchev–Trinajstić information content (AvgIpc) is 2.60. The van der Waals surface area contributed by atoms with Crippen LogP contribution in [0.1, 0.15) is 27.2 Å². The van der Waals surface area contributed by atoms with Crippen LogP contribution in [0.15, 0.2) is 0 Å². The molecule has 0 bridgehead atoms. The van der Waals surface area contributed by atoms with Gasteiger partial charge < -0.3 is 20.7 Å². The highest BCUT2D eigenvalue weighted by Crippen LogP contribution is 2.14. The van der Waals surface area contributed by atoms with Crippen LogP contribution in [0, 0.1) is 0 Å². The number of carbonyl (C=O) groups excluding carboxylic acids is 1. The molecule has 1 aliphatic rings. The Bertz CT molecular complexity index is 238. The summed E-state index contributed by atoms with van der Waals surface area (Å²) in [6.07, 6.45) is 0.753. The van der Waals surface area contributed by atoms with E-state index >= 15 is 0 Å². The summed E-state index contributed by atoms with van der Waals surface area (Å²) >= 11 is 0. The van der Waals surface area contributed by atoms with Crippen LogP contribution in [0.3, 0.4) is 0 Å². The molecule has 1 rings (SSSR count). The summed E-state index contributed by atoms with van der Waals surface area (Å²) in [6, 6.07) is 0.357. The zero-order valence-corrected chi connectivity index (χ0v) is 10.5. The molecule has 1 saturated heterocycles. The van der Waals surface area contributed by atoms with Crippen molar-refractivity contribution in [1.29, 1.82) is 0 Å². The topological polar surface area (TPSA) is 67.6 Å². The molecule has 0 aromatic carbocycles. The molecule has 0 unspecified atom stereocenters. The number of nitrogens with zero attached hydrogens (tertiary/aromatic N) is 1. The van der Waals surface area contributed by atoms with Crippen molar-refractivity contribution in [3.8, 4) is 0 Å². The molecule has 0 aliphatic carbocycles. The number of ether oxygens (including phenoxy) is 1. The van der Waals surface area contributed by atoms with Gasteiger partial charge in [0.15, 0.2) is 0 Å². The van der Waals surface area contributed by atoms with Crippen LogP contribution in [-0.2, 0) is 4.74 Å². The third kappa shape index (κ3) is 4.37.